The van der Waals surface area contributed by atoms with Crippen molar-refractivity contribution in [2.24, 2.45) is 5.92 Å². The molecule has 0 aromatic heterocycles. The van der Waals surface area contributed by atoms with Crippen LogP contribution < -0.4 is 5.32 Å². The Bertz CT molecular complexity index is 263. The maximum atomic E-state index is 9.14. The molecule has 1 rings (SSSR count). The van der Waals surface area contributed by atoms with Gasteiger partial charge in [-0.3, -0.25) is 4.90 Å². The summed E-state index contributed by atoms with van der Waals surface area (Å²) < 4.78 is 0. The van der Waals surface area contributed by atoms with Gasteiger partial charge in [-0.15, -0.1) is 0 Å². The number of hydrogen-bond acceptors (Lipinski definition) is 4. The van der Waals surface area contributed by atoms with Gasteiger partial charge in [-0.1, -0.05) is 13.8 Å². The lowest BCUT2D eigenvalue weighted by atomic mass is 10.0. The van der Waals surface area contributed by atoms with E-state index in [9.17, 15) is 0 Å². The van der Waals surface area contributed by atoms with Crippen LogP contribution in [0.2, 0.25) is 0 Å². The Kier molecular flexibility index (Phi) is 5.38. The Morgan fingerprint density at radius 3 is 2.18 bits per heavy atom. The summed E-state index contributed by atoms with van der Waals surface area (Å²) in [6.45, 7) is 12.9. The molecule has 4 heteroatoms. The summed E-state index contributed by atoms with van der Waals surface area (Å²) in [5, 5.41) is 12.2. The molecule has 0 aromatic rings. The van der Waals surface area contributed by atoms with E-state index in [1.54, 1.807) is 0 Å². The Balaban J connectivity index is 2.35. The Hall–Kier alpha value is -0.630. The number of rotatable bonds is 5. The average Bonchev–Trinajstić information content (AvgIpc) is 2.31. The molecule has 0 amide bonds. The highest BCUT2D eigenvalue weighted by molar-refractivity contribution is 5.05. The van der Waals surface area contributed by atoms with Crippen LogP contribution in [0, 0.1) is 17.2 Å². The van der Waals surface area contributed by atoms with Gasteiger partial charge in [-0.05, 0) is 19.9 Å². The molecule has 1 unspecified atom stereocenters. The highest BCUT2D eigenvalue weighted by atomic mass is 15.3. The number of likely N-dealkylation sites (N-methyl/N-ethyl adjacent to an activating group) is 1. The van der Waals surface area contributed by atoms with Crippen LogP contribution in [0.3, 0.4) is 0 Å². The van der Waals surface area contributed by atoms with Gasteiger partial charge in [0.15, 0.2) is 0 Å². The lowest BCUT2D eigenvalue weighted by Crippen LogP contribution is -2.54. The molecule has 1 saturated heterocycles. The van der Waals surface area contributed by atoms with Gasteiger partial charge in [0.25, 0.3) is 0 Å². The first kappa shape index (κ1) is 14.4. The summed E-state index contributed by atoms with van der Waals surface area (Å²) >= 11 is 0. The lowest BCUT2D eigenvalue weighted by Gasteiger charge is -2.38. The van der Waals surface area contributed by atoms with Crippen LogP contribution in [0.1, 0.15) is 20.8 Å². The molecule has 1 aliphatic heterocycles. The molecule has 1 N–H and O–H groups in total. The normalized spacial score (nSPS) is 22.4. The molecule has 1 atom stereocenters. The van der Waals surface area contributed by atoms with E-state index in [-0.39, 0.29) is 0 Å². The highest BCUT2D eigenvalue weighted by Crippen LogP contribution is 2.09. The number of hydrogen-bond donors (Lipinski definition) is 1. The van der Waals surface area contributed by atoms with Crippen molar-refractivity contribution < 1.29 is 0 Å². The third-order valence-electron chi connectivity index (χ3n) is 3.43. The fourth-order valence-electron chi connectivity index (χ4n) is 2.26. The first-order valence-electron chi connectivity index (χ1n) is 6.54. The molecule has 0 radical (unpaired) electrons. The van der Waals surface area contributed by atoms with E-state index >= 15 is 0 Å². The smallest absolute Gasteiger partial charge is 0.116 e. The molecular formula is C13H26N4. The first-order chi connectivity index (χ1) is 7.99. The standard InChI is InChI=1S/C13H26N4/c1-12(2)9-16-5-7-17(8-6-16)11-13(3,10-14)15-4/h12,15H,5-9,11H2,1-4H3. The Morgan fingerprint density at radius 1 is 1.24 bits per heavy atom. The molecule has 0 aromatic carbocycles. The maximum absolute atomic E-state index is 9.14. The molecule has 0 aliphatic carbocycles. The van der Waals surface area contributed by atoms with E-state index in [0.717, 1.165) is 38.6 Å². The minimum absolute atomic E-state index is 0.416. The second-order valence-electron chi connectivity index (χ2n) is 5.66. The molecule has 4 nitrogen and oxygen atoms in total. The predicted octanol–water partition coefficient (Wildman–Crippen LogP) is 0.762. The largest absolute Gasteiger partial charge is 0.302 e. The Labute approximate surface area is 106 Å². The van der Waals surface area contributed by atoms with E-state index in [1.165, 1.54) is 6.54 Å². The minimum Gasteiger partial charge on any atom is -0.302 e. The monoisotopic (exact) mass is 238 g/mol. The molecule has 1 heterocycles. The van der Waals surface area contributed by atoms with Crippen molar-refractivity contribution in [3.8, 4) is 6.07 Å². The van der Waals surface area contributed by atoms with Crippen LogP contribution in [0.4, 0.5) is 0 Å². The summed E-state index contributed by atoms with van der Waals surface area (Å²) in [5.41, 5.74) is -0.416. The number of piperazine rings is 1. The first-order valence-corrected chi connectivity index (χ1v) is 6.54. The molecule has 0 spiro atoms. The van der Waals surface area contributed by atoms with Crippen LogP contribution >= 0.6 is 0 Å². The van der Waals surface area contributed by atoms with Gasteiger partial charge in [0, 0.05) is 39.3 Å². The number of nitrogens with one attached hydrogen (secondary N) is 1. The van der Waals surface area contributed by atoms with Crippen molar-refractivity contribution >= 4 is 0 Å². The number of nitriles is 1. The van der Waals surface area contributed by atoms with Crippen LogP contribution in [0.25, 0.3) is 0 Å². The van der Waals surface area contributed by atoms with Crippen molar-refractivity contribution in [2.45, 2.75) is 26.3 Å². The van der Waals surface area contributed by atoms with Crippen LogP contribution in [0.5, 0.6) is 0 Å². The fourth-order valence-corrected chi connectivity index (χ4v) is 2.26. The van der Waals surface area contributed by atoms with Gasteiger partial charge < -0.3 is 10.2 Å². The number of nitrogens with zero attached hydrogens (tertiary/aromatic N) is 3. The predicted molar refractivity (Wildman–Crippen MR) is 70.8 cm³/mol. The zero-order valence-electron chi connectivity index (χ0n) is 11.7. The topological polar surface area (TPSA) is 42.3 Å². The van der Waals surface area contributed by atoms with Gasteiger partial charge in [0.2, 0.25) is 0 Å². The van der Waals surface area contributed by atoms with E-state index < -0.39 is 5.54 Å². The van der Waals surface area contributed by atoms with Crippen molar-refractivity contribution in [3.05, 3.63) is 0 Å². The second-order valence-corrected chi connectivity index (χ2v) is 5.66. The zero-order chi connectivity index (χ0) is 12.9. The molecular weight excluding hydrogens is 212 g/mol. The highest BCUT2D eigenvalue weighted by Gasteiger charge is 2.27. The summed E-state index contributed by atoms with van der Waals surface area (Å²) in [4.78, 5) is 4.90. The Morgan fingerprint density at radius 2 is 1.76 bits per heavy atom. The average molecular weight is 238 g/mol. The summed E-state index contributed by atoms with van der Waals surface area (Å²) in [6.07, 6.45) is 0. The summed E-state index contributed by atoms with van der Waals surface area (Å²) in [7, 11) is 1.86. The lowest BCUT2D eigenvalue weighted by molar-refractivity contribution is 0.108. The van der Waals surface area contributed by atoms with Gasteiger partial charge in [0.05, 0.1) is 6.07 Å². The van der Waals surface area contributed by atoms with E-state index in [1.807, 2.05) is 14.0 Å². The molecule has 17 heavy (non-hydrogen) atoms. The molecule has 0 saturated carbocycles. The van der Waals surface area contributed by atoms with Crippen LogP contribution in [-0.4, -0.2) is 61.7 Å². The van der Waals surface area contributed by atoms with E-state index in [4.69, 9.17) is 5.26 Å². The third-order valence-corrected chi connectivity index (χ3v) is 3.43. The van der Waals surface area contributed by atoms with Crippen molar-refractivity contribution in [1.82, 2.24) is 15.1 Å². The zero-order valence-corrected chi connectivity index (χ0v) is 11.7. The fraction of sp³-hybridized carbons (Fsp3) is 0.923. The third kappa shape index (κ3) is 4.63. The van der Waals surface area contributed by atoms with Crippen molar-refractivity contribution in [3.63, 3.8) is 0 Å². The van der Waals surface area contributed by atoms with Gasteiger partial charge >= 0.3 is 0 Å². The molecule has 98 valence electrons. The minimum atomic E-state index is -0.416. The quantitative estimate of drug-likeness (QED) is 0.768. The van der Waals surface area contributed by atoms with Crippen LogP contribution in [0.15, 0.2) is 0 Å². The maximum Gasteiger partial charge on any atom is 0.116 e. The van der Waals surface area contributed by atoms with Gasteiger partial charge in [0.1, 0.15) is 5.54 Å². The van der Waals surface area contributed by atoms with E-state index in [0.29, 0.717) is 0 Å². The second kappa shape index (κ2) is 6.34. The molecule has 1 fully saturated rings. The van der Waals surface area contributed by atoms with Crippen molar-refractivity contribution in [1.29, 1.82) is 5.26 Å². The molecule has 1 aliphatic rings. The SMILES string of the molecule is CNC(C)(C#N)CN1CCN(CC(C)C)CC1. The van der Waals surface area contributed by atoms with Crippen LogP contribution in [-0.2, 0) is 0 Å². The van der Waals surface area contributed by atoms with E-state index in [2.05, 4.69) is 35.0 Å². The summed E-state index contributed by atoms with van der Waals surface area (Å²) in [5.74, 6) is 0.739. The summed E-state index contributed by atoms with van der Waals surface area (Å²) in [6, 6.07) is 2.35. The molecule has 0 bridgehead atoms. The van der Waals surface area contributed by atoms with Crippen molar-refractivity contribution in [2.75, 3.05) is 46.3 Å². The van der Waals surface area contributed by atoms with Gasteiger partial charge in [-0.25, -0.2) is 0 Å². The van der Waals surface area contributed by atoms with Gasteiger partial charge in [-0.2, -0.15) is 5.26 Å².